The largest absolute Gasteiger partial charge is 0.507 e. The SMILES string of the molecule is COc1cc([C@H]2OC3C=Cc4c(n(C)c5c6c(cc(O)c5c4=O)OC(C)(C)C=C6)C3O[C@@H]2CO)cc(OC)c1O. The predicted octanol–water partition coefficient (Wildman–Crippen LogP) is 3.74. The van der Waals surface area contributed by atoms with Gasteiger partial charge in [0.1, 0.15) is 41.5 Å². The third-order valence-corrected chi connectivity index (χ3v) is 7.74. The zero-order valence-corrected chi connectivity index (χ0v) is 22.8. The molecule has 0 radical (unpaired) electrons. The van der Waals surface area contributed by atoms with Gasteiger partial charge in [-0.1, -0.05) is 12.2 Å². The van der Waals surface area contributed by atoms with Crippen molar-refractivity contribution >= 4 is 23.1 Å². The Bertz CT molecular complexity index is 1630. The van der Waals surface area contributed by atoms with Crippen LogP contribution < -0.4 is 19.6 Å². The molecule has 3 aliphatic rings. The third kappa shape index (κ3) is 3.86. The highest BCUT2D eigenvalue weighted by Gasteiger charge is 2.44. The van der Waals surface area contributed by atoms with Crippen molar-refractivity contribution in [3.8, 4) is 28.7 Å². The molecule has 4 atom stereocenters. The van der Waals surface area contributed by atoms with Crippen LogP contribution >= 0.6 is 0 Å². The van der Waals surface area contributed by atoms with Crippen LogP contribution in [0.15, 0.2) is 35.1 Å². The molecule has 1 saturated heterocycles. The minimum atomic E-state index is -0.813. The van der Waals surface area contributed by atoms with Crippen molar-refractivity contribution < 1.29 is 39.0 Å². The van der Waals surface area contributed by atoms with Gasteiger partial charge in [-0.25, -0.2) is 0 Å². The molecule has 2 aliphatic heterocycles. The summed E-state index contributed by atoms with van der Waals surface area (Å²) in [6.07, 6.45) is 4.37. The minimum Gasteiger partial charge on any atom is -0.507 e. The van der Waals surface area contributed by atoms with E-state index in [1.807, 2.05) is 37.6 Å². The van der Waals surface area contributed by atoms with Crippen LogP contribution in [0.25, 0.3) is 23.1 Å². The number of phenols is 2. The molecule has 10 heteroatoms. The van der Waals surface area contributed by atoms with Gasteiger partial charge in [0.15, 0.2) is 11.5 Å². The minimum absolute atomic E-state index is 0.148. The highest BCUT2D eigenvalue weighted by molar-refractivity contribution is 5.97. The van der Waals surface area contributed by atoms with Crippen LogP contribution in [0.1, 0.15) is 48.4 Å². The lowest BCUT2D eigenvalue weighted by molar-refractivity contribution is -0.222. The monoisotopic (exact) mass is 549 g/mol. The topological polar surface area (TPSA) is 129 Å². The number of hydrogen-bond donors (Lipinski definition) is 3. The van der Waals surface area contributed by atoms with Gasteiger partial charge in [-0.2, -0.15) is 0 Å². The number of aryl methyl sites for hydroxylation is 1. The van der Waals surface area contributed by atoms with Gasteiger partial charge >= 0.3 is 0 Å². The van der Waals surface area contributed by atoms with E-state index in [4.69, 9.17) is 23.7 Å². The van der Waals surface area contributed by atoms with Gasteiger partial charge in [0.2, 0.25) is 11.2 Å². The molecular formula is C30H31NO9. The Kier molecular flexibility index (Phi) is 6.10. The van der Waals surface area contributed by atoms with Crippen molar-refractivity contribution in [2.45, 2.75) is 43.9 Å². The number of hydrogen-bond acceptors (Lipinski definition) is 9. The average Bonchev–Trinajstić information content (AvgIpc) is 2.93. The molecule has 1 aliphatic carbocycles. The average molecular weight is 550 g/mol. The van der Waals surface area contributed by atoms with E-state index < -0.39 is 30.0 Å². The van der Waals surface area contributed by atoms with Gasteiger partial charge in [-0.3, -0.25) is 4.79 Å². The van der Waals surface area contributed by atoms with Crippen molar-refractivity contribution in [2.75, 3.05) is 20.8 Å². The fraction of sp³-hybridized carbons (Fsp3) is 0.367. The summed E-state index contributed by atoms with van der Waals surface area (Å²) in [5, 5.41) is 31.8. The number of aromatic hydroxyl groups is 2. The molecule has 6 rings (SSSR count). The number of methoxy groups -OCH3 is 2. The van der Waals surface area contributed by atoms with Gasteiger partial charge < -0.3 is 43.6 Å². The Morgan fingerprint density at radius 2 is 1.70 bits per heavy atom. The molecule has 0 amide bonds. The van der Waals surface area contributed by atoms with Gasteiger partial charge in [-0.05, 0) is 43.7 Å². The summed E-state index contributed by atoms with van der Waals surface area (Å²) in [5.74, 6) is 0.546. The normalized spacial score (nSPS) is 24.1. The molecule has 1 fully saturated rings. The highest BCUT2D eigenvalue weighted by Crippen LogP contribution is 2.47. The number of benzene rings is 2. The lowest BCUT2D eigenvalue weighted by Gasteiger charge is -2.43. The first kappa shape index (κ1) is 26.2. The molecule has 2 unspecified atom stereocenters. The Labute approximate surface area is 230 Å². The molecule has 40 heavy (non-hydrogen) atoms. The second-order valence-electron chi connectivity index (χ2n) is 10.7. The molecule has 1 aromatic heterocycles. The number of rotatable bonds is 4. The number of aliphatic hydroxyl groups is 1. The first-order valence-electron chi connectivity index (χ1n) is 12.9. The van der Waals surface area contributed by atoms with Crippen LogP contribution in [0.4, 0.5) is 0 Å². The second kappa shape index (κ2) is 9.29. The first-order valence-corrected chi connectivity index (χ1v) is 12.9. The summed E-state index contributed by atoms with van der Waals surface area (Å²) < 4.78 is 31.5. The maximum Gasteiger partial charge on any atom is 0.200 e. The molecule has 0 saturated carbocycles. The van der Waals surface area contributed by atoms with Gasteiger partial charge in [-0.15, -0.1) is 0 Å². The van der Waals surface area contributed by atoms with E-state index in [0.29, 0.717) is 33.7 Å². The van der Waals surface area contributed by atoms with Gasteiger partial charge in [0.25, 0.3) is 0 Å². The zero-order valence-electron chi connectivity index (χ0n) is 22.8. The lowest BCUT2D eigenvalue weighted by Crippen LogP contribution is -2.44. The van der Waals surface area contributed by atoms with Gasteiger partial charge in [0, 0.05) is 24.2 Å². The number of ether oxygens (including phenoxy) is 5. The van der Waals surface area contributed by atoms with E-state index in [9.17, 15) is 20.1 Å². The summed E-state index contributed by atoms with van der Waals surface area (Å²) in [5.41, 5.74) is 1.80. The molecule has 2 aromatic carbocycles. The number of phenolic OH excluding ortho intramolecular Hbond substituents is 2. The van der Waals surface area contributed by atoms with Crippen LogP contribution in [-0.4, -0.2) is 58.5 Å². The van der Waals surface area contributed by atoms with E-state index in [0.717, 1.165) is 0 Å². The molecule has 10 nitrogen and oxygen atoms in total. The summed E-state index contributed by atoms with van der Waals surface area (Å²) in [4.78, 5) is 13.8. The highest BCUT2D eigenvalue weighted by atomic mass is 16.6. The van der Waals surface area contributed by atoms with Crippen LogP contribution in [0.3, 0.4) is 0 Å². The summed E-state index contributed by atoms with van der Waals surface area (Å²) in [6.45, 7) is 3.45. The van der Waals surface area contributed by atoms with Crippen molar-refractivity contribution in [2.24, 2.45) is 7.05 Å². The molecular weight excluding hydrogens is 518 g/mol. The zero-order chi connectivity index (χ0) is 28.5. The van der Waals surface area contributed by atoms with Crippen LogP contribution in [0.5, 0.6) is 28.7 Å². The molecule has 0 spiro atoms. The van der Waals surface area contributed by atoms with E-state index >= 15 is 0 Å². The number of nitrogens with zero attached hydrogens (tertiary/aromatic N) is 1. The van der Waals surface area contributed by atoms with Crippen molar-refractivity contribution in [3.63, 3.8) is 0 Å². The third-order valence-electron chi connectivity index (χ3n) is 7.74. The Balaban J connectivity index is 1.48. The van der Waals surface area contributed by atoms with E-state index in [2.05, 4.69) is 0 Å². The molecule has 3 N–H and O–H groups in total. The smallest absolute Gasteiger partial charge is 0.200 e. The maximum absolute atomic E-state index is 13.8. The lowest BCUT2D eigenvalue weighted by atomic mass is 9.90. The molecule has 210 valence electrons. The van der Waals surface area contributed by atoms with Crippen molar-refractivity contribution in [1.29, 1.82) is 0 Å². The summed E-state index contributed by atoms with van der Waals surface area (Å²) >= 11 is 0. The molecule has 3 aromatic rings. The fourth-order valence-corrected chi connectivity index (χ4v) is 5.86. The standard InChI is InChI=1S/C30H31NO9/c1-30(2)9-8-15-19(40-30)12-17(33)23-24(15)31(3)25-16(26(23)34)6-7-18-29(25)39-22(13-32)28(38-18)14-10-20(36-4)27(35)21(11-14)37-5/h6-12,18,22,28-29,32-33,35H,13H2,1-5H3/t18?,22-,28-,29?/m1/s1. The summed E-state index contributed by atoms with van der Waals surface area (Å²) in [6, 6.07) is 4.71. The number of pyridine rings is 1. The number of aliphatic hydroxyl groups excluding tert-OH is 1. The van der Waals surface area contributed by atoms with Crippen molar-refractivity contribution in [1.82, 2.24) is 4.57 Å². The number of fused-ring (bicyclic) bond motifs is 6. The predicted molar refractivity (Wildman–Crippen MR) is 147 cm³/mol. The molecule has 3 heterocycles. The van der Waals surface area contributed by atoms with Gasteiger partial charge in [0.05, 0.1) is 37.4 Å². The quantitative estimate of drug-likeness (QED) is 0.446. The van der Waals surface area contributed by atoms with E-state index in [1.54, 1.807) is 24.3 Å². The van der Waals surface area contributed by atoms with E-state index in [-0.39, 0.29) is 40.4 Å². The first-order chi connectivity index (χ1) is 19.1. The van der Waals surface area contributed by atoms with Crippen LogP contribution in [0, 0.1) is 0 Å². The summed E-state index contributed by atoms with van der Waals surface area (Å²) in [7, 11) is 4.67. The Morgan fingerprint density at radius 3 is 2.35 bits per heavy atom. The Morgan fingerprint density at radius 1 is 1.00 bits per heavy atom. The Hall–Kier alpha value is -3.99. The van der Waals surface area contributed by atoms with E-state index in [1.165, 1.54) is 20.3 Å². The van der Waals surface area contributed by atoms with Crippen LogP contribution in [0.2, 0.25) is 0 Å². The maximum atomic E-state index is 13.8. The van der Waals surface area contributed by atoms with Crippen molar-refractivity contribution in [3.05, 3.63) is 63.0 Å². The fourth-order valence-electron chi connectivity index (χ4n) is 5.86. The second-order valence-corrected chi connectivity index (χ2v) is 10.7. The molecule has 0 bridgehead atoms. The van der Waals surface area contributed by atoms with Crippen LogP contribution in [-0.2, 0) is 16.5 Å². The number of aromatic nitrogens is 1.